The fourth-order valence-corrected chi connectivity index (χ4v) is 10.9. The molecule has 1 N–H and O–H groups in total. The van der Waals surface area contributed by atoms with Crippen molar-refractivity contribution in [1.29, 1.82) is 0 Å². The maximum absolute atomic E-state index is 13.6. The predicted molar refractivity (Wildman–Crippen MR) is 139 cm³/mol. The van der Waals surface area contributed by atoms with E-state index in [4.69, 9.17) is 4.84 Å². The van der Waals surface area contributed by atoms with E-state index in [0.29, 0.717) is 29.5 Å². The Bertz CT molecular complexity index is 953. The van der Waals surface area contributed by atoms with Crippen LogP contribution in [-0.4, -0.2) is 18.8 Å². The van der Waals surface area contributed by atoms with Crippen LogP contribution in [0.25, 0.3) is 0 Å². The molecule has 4 saturated carbocycles. The third-order valence-corrected chi connectivity index (χ3v) is 13.4. The number of amides is 1. The average Bonchev–Trinajstić information content (AvgIpc) is 2.79. The minimum Gasteiger partial charge on any atom is -0.299 e. The lowest BCUT2D eigenvalue weighted by Crippen LogP contribution is -2.65. The van der Waals surface area contributed by atoms with Gasteiger partial charge in [-0.2, -0.15) is 0 Å². The van der Waals surface area contributed by atoms with Gasteiger partial charge in [0, 0.05) is 11.8 Å². The van der Waals surface area contributed by atoms with Crippen molar-refractivity contribution in [2.24, 2.45) is 56.7 Å². The van der Waals surface area contributed by atoms with E-state index in [9.17, 15) is 9.59 Å². The second kappa shape index (κ2) is 7.92. The molecule has 0 bridgehead atoms. The van der Waals surface area contributed by atoms with Gasteiger partial charge in [0.15, 0.2) is 0 Å². The van der Waals surface area contributed by atoms with Crippen molar-refractivity contribution in [2.45, 2.75) is 106 Å². The summed E-state index contributed by atoms with van der Waals surface area (Å²) in [6.45, 7) is 16.9. The van der Waals surface area contributed by atoms with Crippen LogP contribution >= 0.6 is 0 Å². The molecule has 1 amide bonds. The zero-order valence-corrected chi connectivity index (χ0v) is 23.6. The Morgan fingerprint density at radius 3 is 2.37 bits per heavy atom. The van der Waals surface area contributed by atoms with Gasteiger partial charge in [0.1, 0.15) is 5.78 Å². The quantitative estimate of drug-likeness (QED) is 0.344. The largest absolute Gasteiger partial charge is 0.299 e. The number of rotatable bonds is 2. The molecule has 0 saturated heterocycles. The molecule has 0 unspecified atom stereocenters. The highest BCUT2D eigenvalue weighted by molar-refractivity contribution is 5.85. The molecule has 5 aliphatic carbocycles. The summed E-state index contributed by atoms with van der Waals surface area (Å²) in [6, 6.07) is 0. The Hall–Kier alpha value is -1.16. The van der Waals surface area contributed by atoms with Gasteiger partial charge < -0.3 is 0 Å². The Kier molecular flexibility index (Phi) is 5.77. The van der Waals surface area contributed by atoms with E-state index in [0.717, 1.165) is 51.4 Å². The fourth-order valence-electron chi connectivity index (χ4n) is 10.9. The first-order chi connectivity index (χ1) is 16.3. The fraction of sp³-hybridized carbons (Fsp3) is 0.871. The lowest BCUT2D eigenvalue weighted by atomic mass is 9.33. The van der Waals surface area contributed by atoms with Gasteiger partial charge in [-0.15, -0.1) is 0 Å². The van der Waals surface area contributed by atoms with Crippen molar-refractivity contribution in [3.8, 4) is 0 Å². The molecule has 196 valence electrons. The molecule has 4 fully saturated rings. The number of allylic oxidation sites excluding steroid dienone is 2. The van der Waals surface area contributed by atoms with E-state index in [1.165, 1.54) is 6.42 Å². The number of Topliss-reactive ketones (excluding diaryl/α,β-unsaturated/α-hetero) is 1. The first kappa shape index (κ1) is 25.5. The highest BCUT2D eigenvalue weighted by Crippen LogP contribution is 2.75. The highest BCUT2D eigenvalue weighted by Gasteiger charge is 2.69. The van der Waals surface area contributed by atoms with Gasteiger partial charge in [0.25, 0.3) is 0 Å². The summed E-state index contributed by atoms with van der Waals surface area (Å²) in [4.78, 5) is 31.7. The summed E-state index contributed by atoms with van der Waals surface area (Å²) in [6.07, 6.45) is 11.9. The van der Waals surface area contributed by atoms with Crippen LogP contribution in [0, 0.1) is 56.7 Å². The van der Waals surface area contributed by atoms with Crippen molar-refractivity contribution in [3.63, 3.8) is 0 Å². The topological polar surface area (TPSA) is 55.4 Å². The number of hydrogen-bond acceptors (Lipinski definition) is 3. The molecule has 0 radical (unpaired) electrons. The van der Waals surface area contributed by atoms with Gasteiger partial charge >= 0.3 is 0 Å². The first-order valence-corrected chi connectivity index (χ1v) is 14.4. The van der Waals surface area contributed by atoms with Crippen molar-refractivity contribution in [1.82, 2.24) is 5.48 Å². The summed E-state index contributed by atoms with van der Waals surface area (Å²) in [5.74, 6) is 3.02. The molecule has 0 aromatic heterocycles. The average molecular weight is 484 g/mol. The number of ketones is 1. The van der Waals surface area contributed by atoms with E-state index in [-0.39, 0.29) is 38.9 Å². The molecule has 4 nitrogen and oxygen atoms in total. The van der Waals surface area contributed by atoms with Crippen LogP contribution in [-0.2, 0) is 14.4 Å². The van der Waals surface area contributed by atoms with Gasteiger partial charge in [-0.1, -0.05) is 60.1 Å². The Morgan fingerprint density at radius 1 is 0.971 bits per heavy atom. The molecule has 0 aromatic carbocycles. The lowest BCUT2D eigenvalue weighted by molar-refractivity contribution is -0.188. The number of fused-ring (bicyclic) bond motifs is 7. The molecule has 0 aromatic rings. The van der Waals surface area contributed by atoms with Gasteiger partial charge in [0.05, 0.1) is 12.5 Å². The minimum atomic E-state index is -0.350. The second-order valence-corrected chi connectivity index (χ2v) is 14.6. The van der Waals surface area contributed by atoms with Crippen molar-refractivity contribution >= 4 is 11.7 Å². The molecule has 5 rings (SSSR count). The number of carbonyl (C=O) groups excluding carboxylic acids is 2. The van der Waals surface area contributed by atoms with E-state index in [2.05, 4.69) is 60.0 Å². The van der Waals surface area contributed by atoms with E-state index >= 15 is 0 Å². The number of hydroxylamine groups is 1. The summed E-state index contributed by atoms with van der Waals surface area (Å²) in [7, 11) is 1.56. The zero-order valence-electron chi connectivity index (χ0n) is 23.6. The zero-order chi connectivity index (χ0) is 25.6. The molecular formula is C31H49NO3. The van der Waals surface area contributed by atoms with Crippen LogP contribution in [0.1, 0.15) is 106 Å². The summed E-state index contributed by atoms with van der Waals surface area (Å²) < 4.78 is 0. The van der Waals surface area contributed by atoms with Crippen LogP contribution in [0.4, 0.5) is 0 Å². The monoisotopic (exact) mass is 483 g/mol. The summed E-state index contributed by atoms with van der Waals surface area (Å²) in [5, 5.41) is 0. The summed E-state index contributed by atoms with van der Waals surface area (Å²) in [5.41, 5.74) is 4.29. The standard InChI is InChI=1S/C31H49NO3/c1-19-11-16-31(26(34)32-35-8)18-17-29(6)21(25(31)20(19)2)9-10-23-28(5)14-13-24(33)27(3,4)22(28)12-15-30(23,29)7/h9,19-20,22-23,25H,10-18H2,1-8H3,(H,32,34)/t19-,20+,22+,23-,25+,28+,29-,30-,31+/m1/s1. The molecular weight excluding hydrogens is 434 g/mol. The highest BCUT2D eigenvalue weighted by atomic mass is 16.6. The van der Waals surface area contributed by atoms with E-state index in [1.54, 1.807) is 12.7 Å². The van der Waals surface area contributed by atoms with Crippen LogP contribution in [0.3, 0.4) is 0 Å². The number of hydrogen-bond donors (Lipinski definition) is 1. The molecule has 4 heteroatoms. The van der Waals surface area contributed by atoms with Gasteiger partial charge in [0.2, 0.25) is 5.91 Å². The maximum atomic E-state index is 13.6. The maximum Gasteiger partial charge on any atom is 0.250 e. The molecule has 9 atom stereocenters. The first-order valence-electron chi connectivity index (χ1n) is 14.4. The Balaban J connectivity index is 1.61. The Labute approximate surface area is 213 Å². The minimum absolute atomic E-state index is 0.0992. The smallest absolute Gasteiger partial charge is 0.250 e. The van der Waals surface area contributed by atoms with Gasteiger partial charge in [-0.05, 0) is 97.2 Å². The normalized spacial score (nSPS) is 50.7. The predicted octanol–water partition coefficient (Wildman–Crippen LogP) is 6.89. The number of nitrogens with one attached hydrogen (secondary N) is 1. The number of carbonyl (C=O) groups is 2. The molecule has 5 aliphatic rings. The van der Waals surface area contributed by atoms with Crippen molar-refractivity contribution < 1.29 is 14.4 Å². The van der Waals surface area contributed by atoms with Crippen LogP contribution < -0.4 is 5.48 Å². The van der Waals surface area contributed by atoms with Gasteiger partial charge in [-0.25, -0.2) is 5.48 Å². The van der Waals surface area contributed by atoms with Crippen molar-refractivity contribution in [3.05, 3.63) is 11.6 Å². The molecule has 0 heterocycles. The van der Waals surface area contributed by atoms with Crippen LogP contribution in [0.15, 0.2) is 11.6 Å². The van der Waals surface area contributed by atoms with Crippen molar-refractivity contribution in [2.75, 3.05) is 7.11 Å². The summed E-state index contributed by atoms with van der Waals surface area (Å²) >= 11 is 0. The van der Waals surface area contributed by atoms with Gasteiger partial charge in [-0.3, -0.25) is 14.4 Å². The Morgan fingerprint density at radius 2 is 1.69 bits per heavy atom. The van der Waals surface area contributed by atoms with Crippen LogP contribution in [0.5, 0.6) is 0 Å². The van der Waals surface area contributed by atoms with E-state index < -0.39 is 0 Å². The van der Waals surface area contributed by atoms with Crippen LogP contribution in [0.2, 0.25) is 0 Å². The molecule has 35 heavy (non-hydrogen) atoms. The van der Waals surface area contributed by atoms with E-state index in [1.807, 2.05) is 0 Å². The SMILES string of the molecule is CONC(=O)[C@]12CC[C@@H](C)[C@H](C)[C@H]1C1=CC[C@@H]3[C@@]4(C)CCC(=O)C(C)(C)[C@@H]4CC[C@@]3(C)[C@]1(C)CC2. The second-order valence-electron chi connectivity index (χ2n) is 14.6. The molecule has 0 aliphatic heterocycles. The molecule has 0 spiro atoms. The third-order valence-electron chi connectivity index (χ3n) is 13.4. The third kappa shape index (κ3) is 3.07. The lowest BCUT2D eigenvalue weighted by Gasteiger charge is -2.70.